The van der Waals surface area contributed by atoms with E-state index in [4.69, 9.17) is 10.2 Å². The highest BCUT2D eigenvalue weighted by Crippen LogP contribution is 2.37. The van der Waals surface area contributed by atoms with Gasteiger partial charge in [-0.2, -0.15) is 0 Å². The Morgan fingerprint density at radius 2 is 2.21 bits per heavy atom. The highest BCUT2D eigenvalue weighted by Gasteiger charge is 2.11. The predicted molar refractivity (Wildman–Crippen MR) is 46.5 cm³/mol. The Morgan fingerprint density at radius 1 is 1.57 bits per heavy atom. The molecule has 0 aliphatic heterocycles. The number of hydrogen-bond acceptors (Lipinski definition) is 7. The molecule has 3 N–H and O–H groups in total. The van der Waals surface area contributed by atoms with Crippen LogP contribution in [0.3, 0.4) is 0 Å². The molecule has 0 fully saturated rings. The lowest BCUT2D eigenvalue weighted by atomic mass is 10.4. The van der Waals surface area contributed by atoms with Crippen LogP contribution in [0.5, 0.6) is 0 Å². The second-order valence-corrected chi connectivity index (χ2v) is 3.93. The summed E-state index contributed by atoms with van der Waals surface area (Å²) in [5.41, 5.74) is 0. The molecular weight excluding hydrogens is 213 g/mol. The molecule has 0 aliphatic rings. The second-order valence-electron chi connectivity index (χ2n) is 2.52. The zero-order valence-corrected chi connectivity index (χ0v) is 8.77. The van der Waals surface area contributed by atoms with Gasteiger partial charge in [0.05, 0.1) is 19.8 Å². The lowest BCUT2D eigenvalue weighted by molar-refractivity contribution is -0.227. The zero-order chi connectivity index (χ0) is 11.0. The van der Waals surface area contributed by atoms with Crippen molar-refractivity contribution in [2.24, 2.45) is 0 Å². The van der Waals surface area contributed by atoms with Gasteiger partial charge in [-0.05, 0) is 7.05 Å². The van der Waals surface area contributed by atoms with Crippen LogP contribution in [0.25, 0.3) is 0 Å². The fourth-order valence-electron chi connectivity index (χ4n) is 0.527. The SMILES string of the molecule is CNCCOP(=O)([O-])OCC(O)CO. The molecule has 2 unspecified atom stereocenters. The number of likely N-dealkylation sites (N-methyl/N-ethyl adjacent to an activating group) is 1. The summed E-state index contributed by atoms with van der Waals surface area (Å²) >= 11 is 0. The number of aliphatic hydroxyl groups excluding tert-OH is 2. The molecular formula is C6H15NO6P-. The number of rotatable bonds is 8. The molecule has 0 aliphatic carbocycles. The number of phosphoric ester groups is 1. The number of hydrogen-bond donors (Lipinski definition) is 3. The van der Waals surface area contributed by atoms with Crippen LogP contribution in [-0.2, 0) is 13.6 Å². The summed E-state index contributed by atoms with van der Waals surface area (Å²) in [7, 11) is -2.70. The molecule has 0 saturated heterocycles. The van der Waals surface area contributed by atoms with Crippen molar-refractivity contribution in [2.45, 2.75) is 6.10 Å². The van der Waals surface area contributed by atoms with Gasteiger partial charge in [0.1, 0.15) is 6.10 Å². The molecule has 14 heavy (non-hydrogen) atoms. The Labute approximate surface area is 82.3 Å². The van der Waals surface area contributed by atoms with Crippen molar-refractivity contribution in [1.82, 2.24) is 5.32 Å². The van der Waals surface area contributed by atoms with Crippen LogP contribution >= 0.6 is 7.82 Å². The first-order valence-corrected chi connectivity index (χ1v) is 5.51. The van der Waals surface area contributed by atoms with Crippen LogP contribution in [0.1, 0.15) is 0 Å². The molecule has 0 rings (SSSR count). The molecule has 0 radical (unpaired) electrons. The van der Waals surface area contributed by atoms with Crippen molar-refractivity contribution in [3.05, 3.63) is 0 Å². The van der Waals surface area contributed by atoms with Crippen LogP contribution < -0.4 is 10.2 Å². The number of aliphatic hydroxyl groups is 2. The molecule has 8 heteroatoms. The van der Waals surface area contributed by atoms with Crippen molar-refractivity contribution in [2.75, 3.05) is 33.4 Å². The summed E-state index contributed by atoms with van der Waals surface area (Å²) in [6.07, 6.45) is -1.22. The van der Waals surface area contributed by atoms with Crippen LogP contribution in [0, 0.1) is 0 Å². The highest BCUT2D eigenvalue weighted by atomic mass is 31.2. The van der Waals surface area contributed by atoms with Gasteiger partial charge in [0.15, 0.2) is 0 Å². The monoisotopic (exact) mass is 228 g/mol. The van der Waals surface area contributed by atoms with Crippen molar-refractivity contribution in [1.29, 1.82) is 0 Å². The van der Waals surface area contributed by atoms with Gasteiger partial charge in [-0.1, -0.05) is 0 Å². The fraction of sp³-hybridized carbons (Fsp3) is 1.00. The molecule has 0 saturated carbocycles. The zero-order valence-electron chi connectivity index (χ0n) is 7.88. The third kappa shape index (κ3) is 7.40. The molecule has 7 nitrogen and oxygen atoms in total. The normalized spacial score (nSPS) is 17.7. The topological polar surface area (TPSA) is 111 Å². The summed E-state index contributed by atoms with van der Waals surface area (Å²) in [4.78, 5) is 10.9. The van der Waals surface area contributed by atoms with E-state index in [1.165, 1.54) is 0 Å². The van der Waals surface area contributed by atoms with E-state index in [0.717, 1.165) is 0 Å². The Bertz CT molecular complexity index is 189. The van der Waals surface area contributed by atoms with Crippen LogP contribution in [0.4, 0.5) is 0 Å². The first-order chi connectivity index (χ1) is 6.52. The van der Waals surface area contributed by atoms with Gasteiger partial charge in [-0.15, -0.1) is 0 Å². The lowest BCUT2D eigenvalue weighted by Crippen LogP contribution is -2.22. The van der Waals surface area contributed by atoms with Crippen molar-refractivity contribution in [3.63, 3.8) is 0 Å². The molecule has 0 spiro atoms. The Hall–Kier alpha value is -0.0100. The lowest BCUT2D eigenvalue weighted by Gasteiger charge is -2.23. The summed E-state index contributed by atoms with van der Waals surface area (Å²) in [6, 6.07) is 0. The molecule has 0 bridgehead atoms. The van der Waals surface area contributed by atoms with Crippen LogP contribution in [0.2, 0.25) is 0 Å². The van der Waals surface area contributed by atoms with Gasteiger partial charge >= 0.3 is 0 Å². The Balaban J connectivity index is 3.66. The summed E-state index contributed by atoms with van der Waals surface area (Å²) in [5.74, 6) is 0. The average molecular weight is 228 g/mol. The fourth-order valence-corrected chi connectivity index (χ4v) is 1.27. The number of nitrogens with one attached hydrogen (secondary N) is 1. The summed E-state index contributed by atoms with van der Waals surface area (Å²) in [5, 5.41) is 19.8. The van der Waals surface area contributed by atoms with Crippen molar-refractivity contribution in [3.8, 4) is 0 Å². The maximum absolute atomic E-state index is 10.9. The average Bonchev–Trinajstić information content (AvgIpc) is 2.14. The van der Waals surface area contributed by atoms with Gasteiger partial charge in [0.25, 0.3) is 7.82 Å². The third-order valence-electron chi connectivity index (χ3n) is 1.24. The molecule has 0 amide bonds. The van der Waals surface area contributed by atoms with Gasteiger partial charge in [-0.25, -0.2) is 0 Å². The Kier molecular flexibility index (Phi) is 7.30. The predicted octanol–water partition coefficient (Wildman–Crippen LogP) is -1.94. The van der Waals surface area contributed by atoms with E-state index in [-0.39, 0.29) is 6.61 Å². The minimum Gasteiger partial charge on any atom is -0.756 e. The van der Waals surface area contributed by atoms with E-state index in [0.29, 0.717) is 6.54 Å². The van der Waals surface area contributed by atoms with E-state index in [2.05, 4.69) is 14.4 Å². The van der Waals surface area contributed by atoms with Crippen molar-refractivity contribution >= 4 is 7.82 Å². The quantitative estimate of drug-likeness (QED) is 0.327. The second kappa shape index (κ2) is 7.30. The molecule has 2 atom stereocenters. The molecule has 0 heterocycles. The molecule has 0 aromatic heterocycles. The first kappa shape index (κ1) is 14.0. The molecule has 0 aromatic carbocycles. The van der Waals surface area contributed by atoms with E-state index in [1.807, 2.05) is 0 Å². The summed E-state index contributed by atoms with van der Waals surface area (Å²) < 4.78 is 19.5. The standard InChI is InChI=1S/C6H16NO6P/c1-7-2-3-12-14(10,11)13-5-6(9)4-8/h6-9H,2-5H2,1H3,(H,10,11)/p-1. The largest absolute Gasteiger partial charge is 0.756 e. The van der Waals surface area contributed by atoms with Gasteiger partial charge in [0, 0.05) is 6.54 Å². The smallest absolute Gasteiger partial charge is 0.268 e. The van der Waals surface area contributed by atoms with Crippen LogP contribution in [0.15, 0.2) is 0 Å². The third-order valence-corrected chi connectivity index (χ3v) is 2.20. The molecule has 86 valence electrons. The van der Waals surface area contributed by atoms with Gasteiger partial charge in [-0.3, -0.25) is 4.57 Å². The molecule has 0 aromatic rings. The van der Waals surface area contributed by atoms with E-state index in [9.17, 15) is 9.46 Å². The first-order valence-electron chi connectivity index (χ1n) is 4.05. The van der Waals surface area contributed by atoms with Gasteiger partial charge < -0.3 is 29.5 Å². The Morgan fingerprint density at radius 3 is 2.71 bits per heavy atom. The van der Waals surface area contributed by atoms with Crippen LogP contribution in [-0.4, -0.2) is 49.7 Å². The number of phosphoric acid groups is 1. The highest BCUT2D eigenvalue weighted by molar-refractivity contribution is 7.45. The van der Waals surface area contributed by atoms with E-state index >= 15 is 0 Å². The maximum atomic E-state index is 10.9. The van der Waals surface area contributed by atoms with E-state index in [1.54, 1.807) is 7.05 Å². The van der Waals surface area contributed by atoms with Gasteiger partial charge in [0.2, 0.25) is 0 Å². The van der Waals surface area contributed by atoms with E-state index < -0.39 is 27.1 Å². The maximum Gasteiger partial charge on any atom is 0.268 e. The summed E-state index contributed by atoms with van der Waals surface area (Å²) in [6.45, 7) is -0.724. The van der Waals surface area contributed by atoms with Crippen molar-refractivity contribution < 1.29 is 28.7 Å². The minimum absolute atomic E-state index is 0.0352. The minimum atomic E-state index is -4.35.